The summed E-state index contributed by atoms with van der Waals surface area (Å²) in [5.41, 5.74) is 5.17. The topological polar surface area (TPSA) is 126 Å². The van der Waals surface area contributed by atoms with E-state index in [0.717, 1.165) is 16.8 Å². The van der Waals surface area contributed by atoms with Crippen LogP contribution >= 0.6 is 0 Å². The first-order valence-electron chi connectivity index (χ1n) is 12.0. The summed E-state index contributed by atoms with van der Waals surface area (Å²) < 4.78 is 1.50. The summed E-state index contributed by atoms with van der Waals surface area (Å²) in [6, 6.07) is 20.6. The Hall–Kier alpha value is -4.89. The van der Waals surface area contributed by atoms with Crippen LogP contribution in [-0.2, 0) is 18.4 Å². The summed E-state index contributed by atoms with van der Waals surface area (Å²) >= 11 is 0. The molecule has 2 amide bonds. The van der Waals surface area contributed by atoms with Gasteiger partial charge in [0, 0.05) is 35.8 Å². The molecule has 0 saturated heterocycles. The molecule has 0 spiro atoms. The van der Waals surface area contributed by atoms with Crippen molar-refractivity contribution in [2.45, 2.75) is 19.4 Å². The molecule has 0 saturated carbocycles. The van der Waals surface area contributed by atoms with Gasteiger partial charge in [-0.05, 0) is 54.4 Å². The number of anilines is 2. The number of nitrogens with zero attached hydrogens (tertiary/aromatic N) is 3. The third-order valence-electron chi connectivity index (χ3n) is 6.30. The molecule has 38 heavy (non-hydrogen) atoms. The highest BCUT2D eigenvalue weighted by Crippen LogP contribution is 2.33. The predicted octanol–water partition coefficient (Wildman–Crippen LogP) is 4.14. The van der Waals surface area contributed by atoms with Crippen molar-refractivity contribution >= 4 is 40.9 Å². The van der Waals surface area contributed by atoms with Crippen molar-refractivity contribution in [1.29, 1.82) is 0 Å². The second-order valence-corrected chi connectivity index (χ2v) is 9.03. The molecule has 1 aliphatic heterocycles. The van der Waals surface area contributed by atoms with Crippen LogP contribution in [0.1, 0.15) is 49.1 Å². The Morgan fingerprint density at radius 1 is 1.08 bits per heavy atom. The highest BCUT2D eigenvalue weighted by atomic mass is 16.3. The van der Waals surface area contributed by atoms with E-state index in [1.54, 1.807) is 86.1 Å². The Balaban J connectivity index is 1.33. The maximum atomic E-state index is 13.3. The number of fused-ring (bicyclic) bond motifs is 1. The zero-order valence-electron chi connectivity index (χ0n) is 20.8. The second kappa shape index (κ2) is 10.2. The fourth-order valence-electron chi connectivity index (χ4n) is 4.35. The number of benzene rings is 3. The van der Waals surface area contributed by atoms with Crippen LogP contribution in [0.5, 0.6) is 0 Å². The van der Waals surface area contributed by atoms with Gasteiger partial charge in [-0.3, -0.25) is 24.1 Å². The molecule has 1 aliphatic rings. The van der Waals surface area contributed by atoms with Gasteiger partial charge >= 0.3 is 0 Å². The van der Waals surface area contributed by atoms with Crippen LogP contribution in [0.3, 0.4) is 0 Å². The molecular formula is C29H25N5O4. The van der Waals surface area contributed by atoms with Gasteiger partial charge in [0.25, 0.3) is 5.91 Å². The first-order chi connectivity index (χ1) is 18.3. The van der Waals surface area contributed by atoms with E-state index in [0.29, 0.717) is 33.9 Å². The van der Waals surface area contributed by atoms with Gasteiger partial charge in [0.1, 0.15) is 11.6 Å². The lowest BCUT2D eigenvalue weighted by molar-refractivity contribution is -0.115. The number of hydrogen-bond acceptors (Lipinski definition) is 6. The van der Waals surface area contributed by atoms with Crippen LogP contribution < -0.4 is 10.6 Å². The monoisotopic (exact) mass is 507 g/mol. The average molecular weight is 508 g/mol. The number of carbonyl (C=O) groups is 3. The van der Waals surface area contributed by atoms with Gasteiger partial charge in [-0.1, -0.05) is 36.4 Å². The van der Waals surface area contributed by atoms with Crippen LogP contribution in [0.2, 0.25) is 0 Å². The Kier molecular flexibility index (Phi) is 6.68. The fraction of sp³-hybridized carbons (Fsp3) is 0.138. The summed E-state index contributed by atoms with van der Waals surface area (Å²) in [7, 11) is 1.69. The number of aliphatic hydroxyl groups is 1. The summed E-state index contributed by atoms with van der Waals surface area (Å²) in [5, 5.41) is 19.0. The van der Waals surface area contributed by atoms with E-state index in [2.05, 4.69) is 20.7 Å². The van der Waals surface area contributed by atoms with Gasteiger partial charge in [-0.25, -0.2) is 0 Å². The molecule has 0 radical (unpaired) electrons. The van der Waals surface area contributed by atoms with Crippen molar-refractivity contribution in [2.24, 2.45) is 12.0 Å². The number of aromatic nitrogens is 2. The van der Waals surface area contributed by atoms with E-state index in [9.17, 15) is 19.5 Å². The molecule has 1 atom stereocenters. The van der Waals surface area contributed by atoms with E-state index >= 15 is 0 Å². The minimum atomic E-state index is -0.583. The Morgan fingerprint density at radius 3 is 2.55 bits per heavy atom. The Labute approximate surface area is 218 Å². The molecule has 3 N–H and O–H groups in total. The van der Waals surface area contributed by atoms with Crippen LogP contribution in [0.25, 0.3) is 0 Å². The van der Waals surface area contributed by atoms with Gasteiger partial charge in [0.05, 0.1) is 18.0 Å². The lowest BCUT2D eigenvalue weighted by Crippen LogP contribution is -2.16. The normalized spacial score (nSPS) is 14.4. The van der Waals surface area contributed by atoms with Crippen molar-refractivity contribution in [3.05, 3.63) is 106 Å². The number of rotatable bonds is 7. The first kappa shape index (κ1) is 24.8. The van der Waals surface area contributed by atoms with Crippen molar-refractivity contribution in [2.75, 3.05) is 10.6 Å². The molecule has 1 aromatic heterocycles. The number of ketones is 1. The molecule has 190 valence electrons. The number of aliphatic imine (C=N–C) groups is 1. The minimum absolute atomic E-state index is 0.0482. The third-order valence-corrected chi connectivity index (χ3v) is 6.30. The molecule has 0 fully saturated rings. The van der Waals surface area contributed by atoms with Crippen molar-refractivity contribution in [3.63, 3.8) is 0 Å². The van der Waals surface area contributed by atoms with Gasteiger partial charge < -0.3 is 15.7 Å². The lowest BCUT2D eigenvalue weighted by Gasteiger charge is -2.09. The largest absolute Gasteiger partial charge is 0.392 e. The van der Waals surface area contributed by atoms with E-state index in [1.807, 2.05) is 6.92 Å². The van der Waals surface area contributed by atoms with E-state index in [4.69, 9.17) is 0 Å². The molecule has 3 aromatic carbocycles. The second-order valence-electron chi connectivity index (χ2n) is 9.03. The van der Waals surface area contributed by atoms with E-state index in [-0.39, 0.29) is 24.2 Å². The number of amides is 2. The summed E-state index contributed by atoms with van der Waals surface area (Å²) in [5.74, 6) is -1.37. The number of carbonyl (C=O) groups excluding carboxylic acids is 3. The standard InChI is InChI=1S/C29H25N5O4/c1-17-12-26(34(2)33-17)29(38)31-22-5-3-4-19(13-22)27(36)20-8-11-23-24(28(37)32-25(23)14-20)15-30-21-9-6-18(16-35)7-10-21/h3-15,24,35H,16H2,1-2H3,(H,31,38)(H,32,37). The number of nitrogens with one attached hydrogen (secondary N) is 2. The maximum absolute atomic E-state index is 13.3. The molecule has 0 aliphatic carbocycles. The summed E-state index contributed by atoms with van der Waals surface area (Å²) in [6.45, 7) is 1.76. The quantitative estimate of drug-likeness (QED) is 0.256. The molecule has 1 unspecified atom stereocenters. The van der Waals surface area contributed by atoms with Crippen molar-refractivity contribution in [1.82, 2.24) is 9.78 Å². The number of aliphatic hydroxyl groups excluding tert-OH is 1. The van der Waals surface area contributed by atoms with E-state index in [1.165, 1.54) is 4.68 Å². The Morgan fingerprint density at radius 2 is 1.84 bits per heavy atom. The minimum Gasteiger partial charge on any atom is -0.392 e. The molecule has 5 rings (SSSR count). The number of hydrogen-bond donors (Lipinski definition) is 3. The SMILES string of the molecule is Cc1cc(C(=O)Nc2cccc(C(=O)c3ccc4c(c3)NC(=O)C4C=Nc3ccc(CO)cc3)c2)n(C)n1. The maximum Gasteiger partial charge on any atom is 0.273 e. The molecular weight excluding hydrogens is 482 g/mol. The zero-order chi connectivity index (χ0) is 26.8. The predicted molar refractivity (Wildman–Crippen MR) is 144 cm³/mol. The van der Waals surface area contributed by atoms with Gasteiger partial charge in [-0.15, -0.1) is 0 Å². The smallest absolute Gasteiger partial charge is 0.273 e. The molecule has 2 heterocycles. The van der Waals surface area contributed by atoms with Crippen molar-refractivity contribution in [3.8, 4) is 0 Å². The Bertz CT molecular complexity index is 1590. The highest BCUT2D eigenvalue weighted by molar-refractivity contribution is 6.15. The van der Waals surface area contributed by atoms with Crippen LogP contribution in [-0.4, -0.2) is 38.7 Å². The first-order valence-corrected chi connectivity index (χ1v) is 12.0. The zero-order valence-corrected chi connectivity index (χ0v) is 20.8. The molecule has 9 nitrogen and oxygen atoms in total. The average Bonchev–Trinajstić information content (AvgIpc) is 3.43. The fourth-order valence-corrected chi connectivity index (χ4v) is 4.35. The van der Waals surface area contributed by atoms with E-state index < -0.39 is 5.92 Å². The number of aryl methyl sites for hydroxylation is 2. The van der Waals surface area contributed by atoms with Gasteiger partial charge in [-0.2, -0.15) is 5.10 Å². The summed E-state index contributed by atoms with van der Waals surface area (Å²) in [4.78, 5) is 42.9. The molecule has 4 aromatic rings. The van der Waals surface area contributed by atoms with Crippen LogP contribution in [0, 0.1) is 6.92 Å². The highest BCUT2D eigenvalue weighted by Gasteiger charge is 2.30. The molecule has 0 bridgehead atoms. The molecule has 9 heteroatoms. The van der Waals surface area contributed by atoms with Crippen LogP contribution in [0.15, 0.2) is 77.8 Å². The van der Waals surface area contributed by atoms with Gasteiger partial charge in [0.15, 0.2) is 5.78 Å². The van der Waals surface area contributed by atoms with Gasteiger partial charge in [0.2, 0.25) is 5.91 Å². The van der Waals surface area contributed by atoms with Crippen LogP contribution in [0.4, 0.5) is 17.1 Å². The summed E-state index contributed by atoms with van der Waals surface area (Å²) in [6.07, 6.45) is 1.58. The lowest BCUT2D eigenvalue weighted by atomic mass is 9.97. The third kappa shape index (κ3) is 5.00. The van der Waals surface area contributed by atoms with Crippen molar-refractivity contribution < 1.29 is 19.5 Å².